The molecule has 1 saturated heterocycles. The highest BCUT2D eigenvalue weighted by atomic mass is 35.5. The van der Waals surface area contributed by atoms with Gasteiger partial charge in [0.15, 0.2) is 0 Å². The molecule has 0 saturated carbocycles. The molecule has 1 fully saturated rings. The molecule has 0 aliphatic carbocycles. The predicted molar refractivity (Wildman–Crippen MR) is 82.9 cm³/mol. The SMILES string of the molecule is Clc1ccc(Cc2cnc(C3CNCCO3)c(Cl)c2)nc1. The Hall–Kier alpha value is -1.20. The lowest BCUT2D eigenvalue weighted by Crippen LogP contribution is -2.33. The first-order valence-electron chi connectivity index (χ1n) is 6.79. The van der Waals surface area contributed by atoms with Crippen LogP contribution in [0.15, 0.2) is 30.6 Å². The minimum absolute atomic E-state index is 0.0750. The number of nitrogens with one attached hydrogen (secondary N) is 1. The van der Waals surface area contributed by atoms with Gasteiger partial charge in [-0.25, -0.2) is 0 Å². The third-order valence-electron chi connectivity index (χ3n) is 3.33. The number of pyridine rings is 2. The molecule has 0 spiro atoms. The van der Waals surface area contributed by atoms with Gasteiger partial charge in [-0.15, -0.1) is 0 Å². The lowest BCUT2D eigenvalue weighted by atomic mass is 10.1. The molecule has 3 heterocycles. The number of rotatable bonds is 3. The van der Waals surface area contributed by atoms with Crippen molar-refractivity contribution in [1.29, 1.82) is 0 Å². The summed E-state index contributed by atoms with van der Waals surface area (Å²) < 4.78 is 5.68. The summed E-state index contributed by atoms with van der Waals surface area (Å²) >= 11 is 12.2. The molecular formula is C15H15Cl2N3O. The highest BCUT2D eigenvalue weighted by Gasteiger charge is 2.20. The maximum absolute atomic E-state index is 6.34. The van der Waals surface area contributed by atoms with E-state index in [-0.39, 0.29) is 6.10 Å². The van der Waals surface area contributed by atoms with Gasteiger partial charge >= 0.3 is 0 Å². The van der Waals surface area contributed by atoms with E-state index in [1.165, 1.54) is 0 Å². The first-order valence-corrected chi connectivity index (χ1v) is 7.55. The summed E-state index contributed by atoms with van der Waals surface area (Å²) in [5, 5.41) is 4.54. The molecule has 0 radical (unpaired) electrons. The quantitative estimate of drug-likeness (QED) is 0.943. The van der Waals surface area contributed by atoms with Gasteiger partial charge in [-0.1, -0.05) is 23.2 Å². The molecule has 0 bridgehead atoms. The van der Waals surface area contributed by atoms with Crippen LogP contribution in [0.5, 0.6) is 0 Å². The molecule has 21 heavy (non-hydrogen) atoms. The Balaban J connectivity index is 1.75. The Morgan fingerprint density at radius 1 is 1.24 bits per heavy atom. The molecule has 1 N–H and O–H groups in total. The molecule has 1 aliphatic heterocycles. The Kier molecular flexibility index (Phi) is 4.70. The number of ether oxygens (including phenoxy) is 1. The zero-order valence-electron chi connectivity index (χ0n) is 11.4. The van der Waals surface area contributed by atoms with Crippen LogP contribution >= 0.6 is 23.2 Å². The van der Waals surface area contributed by atoms with Crippen molar-refractivity contribution in [1.82, 2.24) is 15.3 Å². The molecule has 1 atom stereocenters. The van der Waals surface area contributed by atoms with Crippen LogP contribution in [-0.4, -0.2) is 29.7 Å². The van der Waals surface area contributed by atoms with Crippen LogP contribution in [0.25, 0.3) is 0 Å². The maximum atomic E-state index is 6.34. The number of hydrogen-bond acceptors (Lipinski definition) is 4. The van der Waals surface area contributed by atoms with Crippen molar-refractivity contribution in [2.45, 2.75) is 12.5 Å². The average molecular weight is 324 g/mol. The molecule has 3 rings (SSSR count). The molecule has 4 nitrogen and oxygen atoms in total. The van der Waals surface area contributed by atoms with E-state index in [0.29, 0.717) is 23.1 Å². The second kappa shape index (κ2) is 6.71. The van der Waals surface area contributed by atoms with Gasteiger partial charge in [0.2, 0.25) is 0 Å². The Labute approximate surface area is 133 Å². The number of halogens is 2. The minimum atomic E-state index is -0.0750. The Bertz CT molecular complexity index is 613. The molecular weight excluding hydrogens is 309 g/mol. The monoisotopic (exact) mass is 323 g/mol. The van der Waals surface area contributed by atoms with E-state index in [1.54, 1.807) is 6.20 Å². The molecule has 110 valence electrons. The van der Waals surface area contributed by atoms with E-state index < -0.39 is 0 Å². The summed E-state index contributed by atoms with van der Waals surface area (Å²) in [6, 6.07) is 5.66. The summed E-state index contributed by atoms with van der Waals surface area (Å²) in [5.41, 5.74) is 2.74. The largest absolute Gasteiger partial charge is 0.369 e. The van der Waals surface area contributed by atoms with Gasteiger partial charge in [0, 0.05) is 37.6 Å². The maximum Gasteiger partial charge on any atom is 0.113 e. The molecule has 1 aliphatic rings. The average Bonchev–Trinajstić information content (AvgIpc) is 2.51. The van der Waals surface area contributed by atoms with Crippen molar-refractivity contribution in [3.8, 4) is 0 Å². The van der Waals surface area contributed by atoms with Crippen molar-refractivity contribution in [2.75, 3.05) is 19.7 Å². The molecule has 2 aromatic rings. The fourth-order valence-electron chi connectivity index (χ4n) is 2.28. The molecule has 1 unspecified atom stereocenters. The van der Waals surface area contributed by atoms with E-state index in [9.17, 15) is 0 Å². The second-order valence-corrected chi connectivity index (χ2v) is 5.76. The van der Waals surface area contributed by atoms with Gasteiger partial charge in [-0.2, -0.15) is 0 Å². The second-order valence-electron chi connectivity index (χ2n) is 4.92. The molecule has 2 aromatic heterocycles. The highest BCUT2D eigenvalue weighted by Crippen LogP contribution is 2.25. The number of nitrogens with zero attached hydrogens (tertiary/aromatic N) is 2. The van der Waals surface area contributed by atoms with Crippen LogP contribution in [0.1, 0.15) is 23.1 Å². The zero-order valence-corrected chi connectivity index (χ0v) is 12.9. The van der Waals surface area contributed by atoms with Crippen LogP contribution in [-0.2, 0) is 11.2 Å². The Morgan fingerprint density at radius 2 is 2.14 bits per heavy atom. The van der Waals surface area contributed by atoms with Crippen molar-refractivity contribution in [2.24, 2.45) is 0 Å². The smallest absolute Gasteiger partial charge is 0.113 e. The molecule has 6 heteroatoms. The van der Waals surface area contributed by atoms with Crippen LogP contribution in [0.2, 0.25) is 10.0 Å². The van der Waals surface area contributed by atoms with E-state index in [2.05, 4.69) is 15.3 Å². The van der Waals surface area contributed by atoms with Gasteiger partial charge < -0.3 is 10.1 Å². The van der Waals surface area contributed by atoms with Crippen LogP contribution in [0, 0.1) is 0 Å². The fourth-order valence-corrected chi connectivity index (χ4v) is 2.71. The van der Waals surface area contributed by atoms with Crippen molar-refractivity contribution >= 4 is 23.2 Å². The lowest BCUT2D eigenvalue weighted by Gasteiger charge is -2.23. The number of aromatic nitrogens is 2. The zero-order chi connectivity index (χ0) is 14.7. The minimum Gasteiger partial charge on any atom is -0.369 e. The van der Waals surface area contributed by atoms with E-state index in [0.717, 1.165) is 30.0 Å². The van der Waals surface area contributed by atoms with Gasteiger partial charge in [0.05, 0.1) is 22.3 Å². The molecule has 0 aromatic carbocycles. The first-order chi connectivity index (χ1) is 10.2. The van der Waals surface area contributed by atoms with Crippen LogP contribution < -0.4 is 5.32 Å². The first kappa shape index (κ1) is 14.7. The summed E-state index contributed by atoms with van der Waals surface area (Å²) in [5.74, 6) is 0. The normalized spacial score (nSPS) is 18.7. The summed E-state index contributed by atoms with van der Waals surface area (Å²) in [7, 11) is 0. The van der Waals surface area contributed by atoms with E-state index >= 15 is 0 Å². The van der Waals surface area contributed by atoms with E-state index in [1.807, 2.05) is 24.4 Å². The highest BCUT2D eigenvalue weighted by molar-refractivity contribution is 6.31. The van der Waals surface area contributed by atoms with Gasteiger partial charge in [-0.3, -0.25) is 9.97 Å². The molecule has 0 amide bonds. The van der Waals surface area contributed by atoms with Crippen molar-refractivity contribution < 1.29 is 4.74 Å². The van der Waals surface area contributed by atoms with Crippen LogP contribution in [0.3, 0.4) is 0 Å². The number of hydrogen-bond donors (Lipinski definition) is 1. The Morgan fingerprint density at radius 3 is 2.81 bits per heavy atom. The summed E-state index contributed by atoms with van der Waals surface area (Å²) in [4.78, 5) is 8.74. The topological polar surface area (TPSA) is 47.0 Å². The summed E-state index contributed by atoms with van der Waals surface area (Å²) in [6.07, 6.45) is 4.07. The third-order valence-corrected chi connectivity index (χ3v) is 3.86. The standard InChI is InChI=1S/C15H15Cl2N3O/c16-11-1-2-12(19-8-11)5-10-6-13(17)15(20-7-10)14-9-18-3-4-21-14/h1-2,6-8,14,18H,3-5,9H2. The van der Waals surface area contributed by atoms with Gasteiger partial charge in [0.25, 0.3) is 0 Å². The predicted octanol–water partition coefficient (Wildman–Crippen LogP) is 3.04. The van der Waals surface area contributed by atoms with Crippen molar-refractivity contribution in [3.63, 3.8) is 0 Å². The van der Waals surface area contributed by atoms with Gasteiger partial charge in [-0.05, 0) is 23.8 Å². The summed E-state index contributed by atoms with van der Waals surface area (Å²) in [6.45, 7) is 2.29. The van der Waals surface area contributed by atoms with Crippen molar-refractivity contribution in [3.05, 3.63) is 57.6 Å². The lowest BCUT2D eigenvalue weighted by molar-refractivity contribution is 0.0251. The fraction of sp³-hybridized carbons (Fsp3) is 0.333. The third kappa shape index (κ3) is 3.71. The van der Waals surface area contributed by atoms with Crippen LogP contribution in [0.4, 0.5) is 0 Å². The van der Waals surface area contributed by atoms with Gasteiger partial charge in [0.1, 0.15) is 6.10 Å². The van der Waals surface area contributed by atoms with E-state index in [4.69, 9.17) is 27.9 Å². The number of morpholine rings is 1.